The lowest BCUT2D eigenvalue weighted by molar-refractivity contribution is 0.0660. The number of rotatable bonds is 7. The number of fused-ring (bicyclic) bond motifs is 3. The van der Waals surface area contributed by atoms with Gasteiger partial charge in [0.2, 0.25) is 0 Å². The van der Waals surface area contributed by atoms with Crippen LogP contribution in [-0.4, -0.2) is 26.5 Å². The van der Waals surface area contributed by atoms with Gasteiger partial charge in [0.05, 0.1) is 14.2 Å². The van der Waals surface area contributed by atoms with Gasteiger partial charge in [-0.3, -0.25) is 0 Å². The van der Waals surface area contributed by atoms with Crippen LogP contribution in [0.3, 0.4) is 0 Å². The molecule has 1 aliphatic carbocycles. The summed E-state index contributed by atoms with van der Waals surface area (Å²) in [4.78, 5) is 25.0. The highest BCUT2D eigenvalue weighted by atomic mass is 16.7. The maximum Gasteiger partial charge on any atom is 0.508 e. The summed E-state index contributed by atoms with van der Waals surface area (Å²) in [6, 6.07) is 30.9. The highest BCUT2D eigenvalue weighted by Crippen LogP contribution is 2.50. The first-order valence-electron chi connectivity index (χ1n) is 13.0. The second-order valence-electron chi connectivity index (χ2n) is 10.1. The van der Waals surface area contributed by atoms with Crippen LogP contribution in [0.1, 0.15) is 36.1 Å². The van der Waals surface area contributed by atoms with Crippen LogP contribution in [0.2, 0.25) is 0 Å². The van der Waals surface area contributed by atoms with Gasteiger partial charge in [0, 0.05) is 22.5 Å². The first kappa shape index (κ1) is 26.8. The van der Waals surface area contributed by atoms with Crippen molar-refractivity contribution in [2.75, 3.05) is 19.1 Å². The lowest BCUT2D eigenvalue weighted by Gasteiger charge is -2.28. The van der Waals surface area contributed by atoms with E-state index in [1.54, 1.807) is 0 Å². The Hall–Kier alpha value is -4.78. The minimum absolute atomic E-state index is 0.118. The molecule has 0 fully saturated rings. The second-order valence-corrected chi connectivity index (χ2v) is 10.1. The molecule has 0 aromatic heterocycles. The van der Waals surface area contributed by atoms with E-state index in [1.807, 2.05) is 48.5 Å². The number of anilines is 3. The molecule has 40 heavy (non-hydrogen) atoms. The van der Waals surface area contributed by atoms with E-state index in [9.17, 15) is 9.59 Å². The fourth-order valence-electron chi connectivity index (χ4n) is 5.16. The maximum atomic E-state index is 11.4. The Kier molecular flexibility index (Phi) is 7.47. The van der Waals surface area contributed by atoms with Gasteiger partial charge in [-0.1, -0.05) is 68.4 Å². The normalized spacial score (nSPS) is 12.6. The van der Waals surface area contributed by atoms with Crippen molar-refractivity contribution in [3.05, 3.63) is 113 Å². The van der Waals surface area contributed by atoms with Crippen molar-refractivity contribution in [1.82, 2.24) is 0 Å². The zero-order valence-corrected chi connectivity index (χ0v) is 23.0. The molecule has 204 valence electrons. The van der Waals surface area contributed by atoms with Crippen molar-refractivity contribution >= 4 is 29.4 Å². The average molecular weight is 538 g/mol. The Morgan fingerprint density at radius 3 is 1.62 bits per heavy atom. The SMILES string of the molecule is COC(=O)OCc1ccc(N(c2ccc(COC(=O)OC)cc2)c2ccc3c(c2)C(C)(C)c2ccccc2-3)cc1. The molecular weight excluding hydrogens is 506 g/mol. The number of carbonyl (C=O) groups is 2. The molecule has 0 N–H and O–H groups in total. The number of hydrogen-bond donors (Lipinski definition) is 0. The van der Waals surface area contributed by atoms with Crippen LogP contribution in [0, 0.1) is 0 Å². The van der Waals surface area contributed by atoms with Gasteiger partial charge in [-0.2, -0.15) is 0 Å². The molecule has 4 aromatic rings. The Morgan fingerprint density at radius 1 is 0.625 bits per heavy atom. The van der Waals surface area contributed by atoms with Gasteiger partial charge in [0.1, 0.15) is 13.2 Å². The molecule has 5 rings (SSSR count). The smallest absolute Gasteiger partial charge is 0.438 e. The topological polar surface area (TPSA) is 74.3 Å². The number of benzene rings is 4. The summed E-state index contributed by atoms with van der Waals surface area (Å²) in [5.74, 6) is 0. The summed E-state index contributed by atoms with van der Waals surface area (Å²) in [6.45, 7) is 4.76. The largest absolute Gasteiger partial charge is 0.508 e. The van der Waals surface area contributed by atoms with E-state index in [4.69, 9.17) is 9.47 Å². The van der Waals surface area contributed by atoms with Gasteiger partial charge in [-0.05, 0) is 69.8 Å². The minimum atomic E-state index is -0.719. The van der Waals surface area contributed by atoms with Gasteiger partial charge < -0.3 is 23.8 Å². The predicted molar refractivity (Wildman–Crippen MR) is 153 cm³/mol. The molecule has 7 heteroatoms. The summed E-state index contributed by atoms with van der Waals surface area (Å²) in [7, 11) is 2.57. The van der Waals surface area contributed by atoms with Crippen molar-refractivity contribution in [2.24, 2.45) is 0 Å². The van der Waals surface area contributed by atoms with Crippen molar-refractivity contribution < 1.29 is 28.5 Å². The van der Waals surface area contributed by atoms with Gasteiger partial charge in [-0.15, -0.1) is 0 Å². The summed E-state index contributed by atoms with van der Waals surface area (Å²) in [5.41, 5.74) is 9.53. The number of ether oxygens (including phenoxy) is 4. The fourth-order valence-corrected chi connectivity index (χ4v) is 5.16. The van der Waals surface area contributed by atoms with E-state index in [0.717, 1.165) is 28.2 Å². The molecule has 0 spiro atoms. The van der Waals surface area contributed by atoms with Crippen LogP contribution in [0.5, 0.6) is 0 Å². The van der Waals surface area contributed by atoms with E-state index >= 15 is 0 Å². The van der Waals surface area contributed by atoms with Crippen LogP contribution in [-0.2, 0) is 37.6 Å². The first-order chi connectivity index (χ1) is 19.3. The molecule has 0 amide bonds. The molecule has 0 bridgehead atoms. The highest BCUT2D eigenvalue weighted by Gasteiger charge is 2.35. The van der Waals surface area contributed by atoms with Gasteiger partial charge >= 0.3 is 12.3 Å². The molecular formula is C33H31NO6. The minimum Gasteiger partial charge on any atom is -0.438 e. The van der Waals surface area contributed by atoms with Crippen molar-refractivity contribution in [3.63, 3.8) is 0 Å². The lowest BCUT2D eigenvalue weighted by atomic mass is 9.82. The second kappa shape index (κ2) is 11.1. The summed E-state index contributed by atoms with van der Waals surface area (Å²) >= 11 is 0. The van der Waals surface area contributed by atoms with E-state index in [2.05, 4.69) is 70.7 Å². The van der Waals surface area contributed by atoms with Crippen LogP contribution < -0.4 is 4.90 Å². The molecule has 0 saturated heterocycles. The van der Waals surface area contributed by atoms with Gasteiger partial charge in [-0.25, -0.2) is 9.59 Å². The number of methoxy groups -OCH3 is 2. The Bertz CT molecular complexity index is 1460. The zero-order chi connectivity index (χ0) is 28.3. The summed E-state index contributed by atoms with van der Waals surface area (Å²) < 4.78 is 19.3. The lowest BCUT2D eigenvalue weighted by Crippen LogP contribution is -2.16. The third kappa shape index (κ3) is 5.23. The summed E-state index contributed by atoms with van der Waals surface area (Å²) in [5, 5.41) is 0. The average Bonchev–Trinajstić information content (AvgIpc) is 3.22. The van der Waals surface area contributed by atoms with E-state index in [-0.39, 0.29) is 18.6 Å². The molecule has 0 heterocycles. The fraction of sp³-hybridized carbons (Fsp3) is 0.212. The van der Waals surface area contributed by atoms with Crippen molar-refractivity contribution in [1.29, 1.82) is 0 Å². The molecule has 0 atom stereocenters. The quantitative estimate of drug-likeness (QED) is 0.221. The molecule has 7 nitrogen and oxygen atoms in total. The van der Waals surface area contributed by atoms with Gasteiger partial charge in [0.25, 0.3) is 0 Å². The molecule has 0 radical (unpaired) electrons. The predicted octanol–water partition coefficient (Wildman–Crippen LogP) is 8.03. The Morgan fingerprint density at radius 2 is 1.10 bits per heavy atom. The van der Waals surface area contributed by atoms with Crippen LogP contribution in [0.15, 0.2) is 91.0 Å². The van der Waals surface area contributed by atoms with E-state index in [0.29, 0.717) is 0 Å². The molecule has 1 aliphatic rings. The third-order valence-corrected chi connectivity index (χ3v) is 7.26. The van der Waals surface area contributed by atoms with Crippen molar-refractivity contribution in [2.45, 2.75) is 32.5 Å². The monoisotopic (exact) mass is 537 g/mol. The zero-order valence-electron chi connectivity index (χ0n) is 23.0. The number of hydrogen-bond acceptors (Lipinski definition) is 7. The third-order valence-electron chi connectivity index (χ3n) is 7.26. The van der Waals surface area contributed by atoms with Crippen molar-refractivity contribution in [3.8, 4) is 11.1 Å². The first-order valence-corrected chi connectivity index (χ1v) is 13.0. The highest BCUT2D eigenvalue weighted by molar-refractivity contribution is 5.85. The van der Waals surface area contributed by atoms with Crippen LogP contribution in [0.4, 0.5) is 26.7 Å². The molecule has 0 saturated carbocycles. The Labute approximate surface area is 233 Å². The van der Waals surface area contributed by atoms with Crippen LogP contribution >= 0.6 is 0 Å². The Balaban J connectivity index is 1.52. The molecule has 4 aromatic carbocycles. The standard InChI is InChI=1S/C33H31NO6/c1-33(2)29-8-6-5-7-27(29)28-18-17-26(19-30(28)33)34(24-13-9-22(10-14-24)20-39-31(35)37-3)25-15-11-23(12-16-25)21-40-32(36)38-4/h5-19H,20-21H2,1-4H3. The van der Waals surface area contributed by atoms with Gasteiger partial charge in [0.15, 0.2) is 0 Å². The summed E-state index contributed by atoms with van der Waals surface area (Å²) in [6.07, 6.45) is -1.44. The van der Waals surface area contributed by atoms with E-state index in [1.165, 1.54) is 36.5 Å². The molecule has 0 unspecified atom stereocenters. The van der Waals surface area contributed by atoms with E-state index < -0.39 is 12.3 Å². The number of carbonyl (C=O) groups excluding carboxylic acids is 2. The number of nitrogens with zero attached hydrogens (tertiary/aromatic N) is 1. The maximum absolute atomic E-state index is 11.4. The molecule has 0 aliphatic heterocycles. The van der Waals surface area contributed by atoms with Crippen LogP contribution in [0.25, 0.3) is 11.1 Å².